The van der Waals surface area contributed by atoms with E-state index in [9.17, 15) is 27.2 Å². The second-order valence-corrected chi connectivity index (χ2v) is 9.50. The van der Waals surface area contributed by atoms with Crippen molar-refractivity contribution in [2.75, 3.05) is 31.1 Å². The van der Waals surface area contributed by atoms with Gasteiger partial charge in [-0.1, -0.05) is 6.07 Å². The van der Waals surface area contributed by atoms with Crippen LogP contribution in [0.2, 0.25) is 0 Å². The molecule has 4 aromatic rings. The Morgan fingerprint density at radius 2 is 1.82 bits per heavy atom. The summed E-state index contributed by atoms with van der Waals surface area (Å²) >= 11 is 0. The number of carbonyl (C=O) groups is 1. The first-order valence-corrected chi connectivity index (χ1v) is 12.3. The number of alkyl halides is 2. The number of amides is 1. The molecule has 0 spiro atoms. The highest BCUT2D eigenvalue weighted by Crippen LogP contribution is 2.36. The highest BCUT2D eigenvalue weighted by molar-refractivity contribution is 5.95. The maximum atomic E-state index is 13.6. The molecular formula is C26H22F4N6O3. The van der Waals surface area contributed by atoms with Crippen LogP contribution in [0.15, 0.2) is 53.6 Å². The Balaban J connectivity index is 1.26. The molecule has 0 saturated carbocycles. The number of pyridine rings is 2. The molecule has 9 nitrogen and oxygen atoms in total. The van der Waals surface area contributed by atoms with E-state index in [1.165, 1.54) is 21.6 Å². The van der Waals surface area contributed by atoms with Crippen molar-refractivity contribution < 1.29 is 27.1 Å². The number of carbonyl (C=O) groups excluding carboxylic acids is 1. The van der Waals surface area contributed by atoms with Gasteiger partial charge in [0.2, 0.25) is 0 Å². The smallest absolute Gasteiger partial charge is 0.350 e. The first kappa shape index (κ1) is 24.9. The van der Waals surface area contributed by atoms with Crippen LogP contribution in [0.3, 0.4) is 0 Å². The van der Waals surface area contributed by atoms with Crippen molar-refractivity contribution >= 4 is 23.1 Å². The maximum Gasteiger partial charge on any atom is 0.350 e. The lowest BCUT2D eigenvalue weighted by atomic mass is 10.1. The van der Waals surface area contributed by atoms with Crippen LogP contribution in [0.4, 0.5) is 29.1 Å². The molecule has 6 rings (SSSR count). The zero-order valence-electron chi connectivity index (χ0n) is 20.5. The van der Waals surface area contributed by atoms with Crippen molar-refractivity contribution in [2.45, 2.75) is 25.3 Å². The van der Waals surface area contributed by atoms with Crippen LogP contribution in [-0.4, -0.2) is 62.1 Å². The molecule has 1 aromatic carbocycles. The fourth-order valence-corrected chi connectivity index (χ4v) is 4.78. The number of hydrogen-bond donors (Lipinski definition) is 0. The summed E-state index contributed by atoms with van der Waals surface area (Å²) in [5, 5.41) is 4.34. The molecule has 0 radical (unpaired) electrons. The average molecular weight is 542 g/mol. The lowest BCUT2D eigenvalue weighted by molar-refractivity contribution is -0.0494. The van der Waals surface area contributed by atoms with Gasteiger partial charge in [-0.2, -0.15) is 0 Å². The van der Waals surface area contributed by atoms with Gasteiger partial charge in [0, 0.05) is 50.1 Å². The molecule has 1 fully saturated rings. The number of aromatic nitrogens is 4. The van der Waals surface area contributed by atoms with Gasteiger partial charge in [0.25, 0.3) is 11.8 Å². The number of hydrogen-bond acceptors (Lipinski definition) is 6. The van der Waals surface area contributed by atoms with Crippen LogP contribution >= 0.6 is 0 Å². The molecule has 0 aliphatic carbocycles. The molecule has 0 bridgehead atoms. The third kappa shape index (κ3) is 4.68. The molecule has 2 aliphatic rings. The van der Waals surface area contributed by atoms with Gasteiger partial charge < -0.3 is 14.5 Å². The summed E-state index contributed by atoms with van der Waals surface area (Å²) < 4.78 is 62.1. The Kier molecular flexibility index (Phi) is 6.00. The Hall–Kier alpha value is -4.42. The number of ether oxygens (including phenoxy) is 1. The predicted octanol–water partition coefficient (Wildman–Crippen LogP) is 3.62. The Morgan fingerprint density at radius 1 is 1.03 bits per heavy atom. The van der Waals surface area contributed by atoms with Gasteiger partial charge in [0.1, 0.15) is 6.61 Å². The number of likely N-dealkylation sites (tertiary alicyclic amines) is 1. The van der Waals surface area contributed by atoms with E-state index in [0.717, 1.165) is 16.8 Å². The van der Waals surface area contributed by atoms with Crippen LogP contribution in [0.1, 0.15) is 28.8 Å². The van der Waals surface area contributed by atoms with Crippen molar-refractivity contribution in [2.24, 2.45) is 0 Å². The zero-order valence-corrected chi connectivity index (χ0v) is 20.5. The van der Waals surface area contributed by atoms with Crippen molar-refractivity contribution in [1.29, 1.82) is 0 Å². The van der Waals surface area contributed by atoms with Crippen LogP contribution in [0.5, 0.6) is 5.75 Å². The molecule has 5 heterocycles. The van der Waals surface area contributed by atoms with Crippen LogP contribution in [0, 0.1) is 11.6 Å². The third-order valence-corrected chi connectivity index (χ3v) is 6.89. The SMILES string of the molecule is O=C(c1cnc2c(c1)OCCN2c1ccn2c(=O)n(Cc3ccc(F)c(F)c3)nc2c1)N1CCC(F)(F)CC1. The monoisotopic (exact) mass is 542 g/mol. The lowest BCUT2D eigenvalue weighted by Crippen LogP contribution is -2.42. The molecule has 39 heavy (non-hydrogen) atoms. The number of nitrogens with zero attached hydrogens (tertiary/aromatic N) is 6. The van der Waals surface area contributed by atoms with E-state index in [0.29, 0.717) is 41.6 Å². The van der Waals surface area contributed by atoms with E-state index in [1.54, 1.807) is 24.4 Å². The van der Waals surface area contributed by atoms with Crippen molar-refractivity contribution in [1.82, 2.24) is 24.1 Å². The molecule has 0 N–H and O–H groups in total. The molecule has 13 heteroatoms. The standard InChI is InChI=1S/C26H22F4N6O3/c27-19-2-1-16(11-20(19)28)15-36-25(38)35-6-3-18(13-22(35)32-36)34-9-10-39-21-12-17(14-31-23(21)34)24(37)33-7-4-26(29,30)5-8-33/h1-3,6,11-14H,4-5,7-10,15H2. The van der Waals surface area contributed by atoms with E-state index in [2.05, 4.69) is 10.1 Å². The van der Waals surface area contributed by atoms with Gasteiger partial charge in [-0.15, -0.1) is 5.10 Å². The minimum atomic E-state index is -2.75. The van der Waals surface area contributed by atoms with E-state index < -0.39 is 23.2 Å². The van der Waals surface area contributed by atoms with E-state index in [1.807, 2.05) is 4.90 Å². The molecule has 3 aromatic heterocycles. The largest absolute Gasteiger partial charge is 0.488 e. The topological polar surface area (TPSA) is 85.0 Å². The van der Waals surface area contributed by atoms with Crippen LogP contribution < -0.4 is 15.3 Å². The fourth-order valence-electron chi connectivity index (χ4n) is 4.78. The first-order valence-electron chi connectivity index (χ1n) is 12.3. The van der Waals surface area contributed by atoms with Gasteiger partial charge in [-0.05, 0) is 29.8 Å². The quantitative estimate of drug-likeness (QED) is 0.367. The highest BCUT2D eigenvalue weighted by Gasteiger charge is 2.36. The zero-order chi connectivity index (χ0) is 27.3. The number of rotatable bonds is 4. The second kappa shape index (κ2) is 9.40. The van der Waals surface area contributed by atoms with Gasteiger partial charge in [-0.25, -0.2) is 32.0 Å². The summed E-state index contributed by atoms with van der Waals surface area (Å²) in [4.78, 5) is 33.4. The number of halogens is 4. The third-order valence-electron chi connectivity index (χ3n) is 6.89. The summed E-state index contributed by atoms with van der Waals surface area (Å²) in [7, 11) is 0. The number of fused-ring (bicyclic) bond motifs is 2. The number of anilines is 2. The normalized spacial score (nSPS) is 16.7. The minimum absolute atomic E-state index is 0.0297. The minimum Gasteiger partial charge on any atom is -0.488 e. The van der Waals surface area contributed by atoms with E-state index in [4.69, 9.17) is 4.74 Å². The van der Waals surface area contributed by atoms with Gasteiger partial charge in [0.15, 0.2) is 28.8 Å². The fraction of sp³-hybridized carbons (Fsp3) is 0.308. The summed E-state index contributed by atoms with van der Waals surface area (Å²) in [6.07, 6.45) is 2.21. The summed E-state index contributed by atoms with van der Waals surface area (Å²) in [5.74, 6) is -4.29. The van der Waals surface area contributed by atoms with Gasteiger partial charge in [0.05, 0.1) is 18.7 Å². The number of benzene rings is 1. The Labute approximate surface area is 218 Å². The van der Waals surface area contributed by atoms with Crippen molar-refractivity contribution in [3.8, 4) is 5.75 Å². The average Bonchev–Trinajstić information content (AvgIpc) is 3.23. The summed E-state index contributed by atoms with van der Waals surface area (Å²) in [6, 6.07) is 8.36. The molecule has 202 valence electrons. The van der Waals surface area contributed by atoms with Crippen molar-refractivity contribution in [3.05, 3.63) is 82.0 Å². The highest BCUT2D eigenvalue weighted by atomic mass is 19.3. The molecule has 0 atom stereocenters. The molecule has 0 unspecified atom stereocenters. The van der Waals surface area contributed by atoms with E-state index in [-0.39, 0.29) is 43.9 Å². The first-order chi connectivity index (χ1) is 18.7. The van der Waals surface area contributed by atoms with E-state index >= 15 is 0 Å². The summed E-state index contributed by atoms with van der Waals surface area (Å²) in [5.41, 5.74) is 1.19. The summed E-state index contributed by atoms with van der Waals surface area (Å²) in [6.45, 7) is 0.631. The number of piperidine rings is 1. The van der Waals surface area contributed by atoms with Crippen LogP contribution in [0.25, 0.3) is 5.65 Å². The molecule has 2 aliphatic heterocycles. The van der Waals surface area contributed by atoms with Gasteiger partial charge in [-0.3, -0.25) is 9.20 Å². The lowest BCUT2D eigenvalue weighted by Gasteiger charge is -2.32. The van der Waals surface area contributed by atoms with Gasteiger partial charge >= 0.3 is 5.69 Å². The van der Waals surface area contributed by atoms with Crippen LogP contribution in [-0.2, 0) is 6.54 Å². The molecular weight excluding hydrogens is 520 g/mol. The predicted molar refractivity (Wildman–Crippen MR) is 132 cm³/mol. The van der Waals surface area contributed by atoms with Crippen molar-refractivity contribution in [3.63, 3.8) is 0 Å². The molecule has 1 amide bonds. The maximum absolute atomic E-state index is 13.6. The molecule has 1 saturated heterocycles. The Morgan fingerprint density at radius 3 is 2.59 bits per heavy atom. The Bertz CT molecular complexity index is 1640. The second-order valence-electron chi connectivity index (χ2n) is 9.50.